The molecule has 0 heteroatoms. The fourth-order valence-corrected chi connectivity index (χ4v) is 3.76. The van der Waals surface area contributed by atoms with Crippen LogP contribution in [0.1, 0.15) is 106 Å². The van der Waals surface area contributed by atoms with Crippen LogP contribution < -0.4 is 0 Å². The summed E-state index contributed by atoms with van der Waals surface area (Å²) in [7, 11) is 0. The molecule has 0 aromatic carbocycles. The highest BCUT2D eigenvalue weighted by atomic mass is 14.3. The summed E-state index contributed by atoms with van der Waals surface area (Å²) in [5, 5.41) is 0. The predicted octanol–water partition coefficient (Wildman–Crippen LogP) is 7.72. The van der Waals surface area contributed by atoms with Gasteiger partial charge in [0.1, 0.15) is 0 Å². The van der Waals surface area contributed by atoms with Gasteiger partial charge >= 0.3 is 0 Å². The molecule has 0 bridgehead atoms. The summed E-state index contributed by atoms with van der Waals surface area (Å²) in [4.78, 5) is 0. The molecule has 0 spiro atoms. The Morgan fingerprint density at radius 1 is 0.571 bits per heavy atom. The Labute approximate surface area is 136 Å². The molecule has 0 saturated heterocycles. The molecule has 21 heavy (non-hydrogen) atoms. The number of rotatable bonds is 13. The van der Waals surface area contributed by atoms with Crippen LogP contribution in [0.5, 0.6) is 0 Å². The monoisotopic (exact) mass is 296 g/mol. The van der Waals surface area contributed by atoms with Crippen LogP contribution in [-0.2, 0) is 0 Å². The largest absolute Gasteiger partial charge is 0.0651 e. The maximum absolute atomic E-state index is 2.48. The second kappa shape index (κ2) is 12.5. The third-order valence-corrected chi connectivity index (χ3v) is 5.42. The fraction of sp³-hybridized carbons (Fsp3) is 1.00. The molecular weight excluding hydrogens is 252 g/mol. The third-order valence-electron chi connectivity index (χ3n) is 5.42. The van der Waals surface area contributed by atoms with Gasteiger partial charge in [-0.1, -0.05) is 99.8 Å². The maximum atomic E-state index is 2.48. The van der Waals surface area contributed by atoms with Crippen molar-refractivity contribution in [2.24, 2.45) is 29.6 Å². The van der Waals surface area contributed by atoms with Crippen molar-refractivity contribution >= 4 is 0 Å². The highest BCUT2D eigenvalue weighted by Gasteiger charge is 2.24. The van der Waals surface area contributed by atoms with E-state index in [1.54, 1.807) is 0 Å². The van der Waals surface area contributed by atoms with Crippen LogP contribution >= 0.6 is 0 Å². The predicted molar refractivity (Wildman–Crippen MR) is 98.7 cm³/mol. The van der Waals surface area contributed by atoms with E-state index in [0.29, 0.717) is 0 Å². The van der Waals surface area contributed by atoms with Crippen LogP contribution in [0.2, 0.25) is 0 Å². The Balaban J connectivity index is 4.30. The Morgan fingerprint density at radius 2 is 1.14 bits per heavy atom. The van der Waals surface area contributed by atoms with Gasteiger partial charge in [0.2, 0.25) is 0 Å². The van der Waals surface area contributed by atoms with E-state index in [1.165, 1.54) is 57.8 Å². The molecule has 0 aromatic rings. The molecule has 0 fully saturated rings. The van der Waals surface area contributed by atoms with Crippen molar-refractivity contribution in [3.05, 3.63) is 0 Å². The van der Waals surface area contributed by atoms with Crippen LogP contribution in [0.15, 0.2) is 0 Å². The highest BCUT2D eigenvalue weighted by molar-refractivity contribution is 4.74. The molecule has 0 heterocycles. The first-order valence-corrected chi connectivity index (χ1v) is 9.92. The minimum Gasteiger partial charge on any atom is -0.0651 e. The second-order valence-electron chi connectivity index (χ2n) is 8.22. The second-order valence-corrected chi connectivity index (χ2v) is 8.22. The highest BCUT2D eigenvalue weighted by Crippen LogP contribution is 2.34. The minimum atomic E-state index is 0.864. The van der Waals surface area contributed by atoms with Gasteiger partial charge in [-0.05, 0) is 36.0 Å². The molecule has 0 aliphatic rings. The number of hydrogen-bond acceptors (Lipinski definition) is 0. The van der Waals surface area contributed by atoms with Crippen molar-refractivity contribution in [3.8, 4) is 0 Å². The summed E-state index contributed by atoms with van der Waals surface area (Å²) in [5.74, 6) is 4.58. The quantitative estimate of drug-likeness (QED) is 0.305. The Kier molecular flexibility index (Phi) is 12.5. The summed E-state index contributed by atoms with van der Waals surface area (Å²) in [6.07, 6.45) is 12.9. The average Bonchev–Trinajstić information content (AvgIpc) is 2.43. The van der Waals surface area contributed by atoms with Gasteiger partial charge in [0, 0.05) is 0 Å². The summed E-state index contributed by atoms with van der Waals surface area (Å²) in [5.41, 5.74) is 0. The smallest absolute Gasteiger partial charge is 0.0363 e. The molecule has 0 radical (unpaired) electrons. The van der Waals surface area contributed by atoms with Gasteiger partial charge in [-0.3, -0.25) is 0 Å². The van der Waals surface area contributed by atoms with Crippen molar-refractivity contribution in [2.75, 3.05) is 0 Å². The zero-order chi connectivity index (χ0) is 16.3. The summed E-state index contributed by atoms with van der Waals surface area (Å²) in [6.45, 7) is 16.7. The topological polar surface area (TPSA) is 0 Å². The number of unbranched alkanes of at least 4 members (excludes halogenated alkanes) is 2. The van der Waals surface area contributed by atoms with Crippen LogP contribution in [-0.4, -0.2) is 0 Å². The van der Waals surface area contributed by atoms with E-state index in [9.17, 15) is 0 Å². The first kappa shape index (κ1) is 21.0. The third kappa shape index (κ3) is 10.4. The zero-order valence-corrected chi connectivity index (χ0v) is 16.3. The molecule has 0 aliphatic heterocycles. The summed E-state index contributed by atoms with van der Waals surface area (Å²) >= 11 is 0. The van der Waals surface area contributed by atoms with Crippen molar-refractivity contribution in [2.45, 2.75) is 106 Å². The van der Waals surface area contributed by atoms with Gasteiger partial charge < -0.3 is 0 Å². The molecule has 0 nitrogen and oxygen atoms in total. The standard InChI is InChI=1S/C21H44/c1-8-19(7)21(9-2)20(16-15-18(5)6)14-12-10-11-13-17(3)4/h17-21H,8-16H2,1-7H3. The zero-order valence-electron chi connectivity index (χ0n) is 16.3. The molecule has 0 rings (SSSR count). The number of hydrogen-bond donors (Lipinski definition) is 0. The molecule has 0 aromatic heterocycles. The average molecular weight is 297 g/mol. The van der Waals surface area contributed by atoms with Gasteiger partial charge in [-0.15, -0.1) is 0 Å². The van der Waals surface area contributed by atoms with Crippen molar-refractivity contribution in [1.82, 2.24) is 0 Å². The Bertz CT molecular complexity index is 216. The molecule has 0 saturated carbocycles. The molecule has 0 N–H and O–H groups in total. The summed E-state index contributed by atoms with van der Waals surface area (Å²) in [6, 6.07) is 0. The lowest BCUT2D eigenvalue weighted by Crippen LogP contribution is -2.22. The van der Waals surface area contributed by atoms with Gasteiger partial charge in [-0.25, -0.2) is 0 Å². The van der Waals surface area contributed by atoms with Crippen LogP contribution in [0.4, 0.5) is 0 Å². The lowest BCUT2D eigenvalue weighted by atomic mass is 9.74. The fourth-order valence-electron chi connectivity index (χ4n) is 3.76. The van der Waals surface area contributed by atoms with E-state index in [0.717, 1.165) is 29.6 Å². The molecular formula is C21H44. The van der Waals surface area contributed by atoms with Crippen molar-refractivity contribution < 1.29 is 0 Å². The molecule has 0 aliphatic carbocycles. The van der Waals surface area contributed by atoms with Gasteiger partial charge in [0.15, 0.2) is 0 Å². The van der Waals surface area contributed by atoms with E-state index >= 15 is 0 Å². The molecule has 3 atom stereocenters. The van der Waals surface area contributed by atoms with E-state index in [1.807, 2.05) is 0 Å². The SMILES string of the molecule is CCC(C)C(CC)C(CCCCCC(C)C)CCC(C)C. The lowest BCUT2D eigenvalue weighted by Gasteiger charge is -2.31. The maximum Gasteiger partial charge on any atom is -0.0363 e. The van der Waals surface area contributed by atoms with E-state index in [4.69, 9.17) is 0 Å². The van der Waals surface area contributed by atoms with E-state index in [2.05, 4.69) is 48.5 Å². The van der Waals surface area contributed by atoms with E-state index < -0.39 is 0 Å². The first-order valence-electron chi connectivity index (χ1n) is 9.92. The van der Waals surface area contributed by atoms with Crippen molar-refractivity contribution in [3.63, 3.8) is 0 Å². The molecule has 0 amide bonds. The lowest BCUT2D eigenvalue weighted by molar-refractivity contribution is 0.191. The van der Waals surface area contributed by atoms with E-state index in [-0.39, 0.29) is 0 Å². The van der Waals surface area contributed by atoms with Crippen molar-refractivity contribution in [1.29, 1.82) is 0 Å². The van der Waals surface area contributed by atoms with Crippen LogP contribution in [0.3, 0.4) is 0 Å². The molecule has 3 unspecified atom stereocenters. The van der Waals surface area contributed by atoms with Gasteiger partial charge in [0.05, 0.1) is 0 Å². The van der Waals surface area contributed by atoms with Crippen LogP contribution in [0, 0.1) is 29.6 Å². The molecule has 128 valence electrons. The Hall–Kier alpha value is 0. The van der Waals surface area contributed by atoms with Gasteiger partial charge in [-0.2, -0.15) is 0 Å². The normalized spacial score (nSPS) is 16.4. The van der Waals surface area contributed by atoms with Gasteiger partial charge in [0.25, 0.3) is 0 Å². The Morgan fingerprint density at radius 3 is 1.62 bits per heavy atom. The summed E-state index contributed by atoms with van der Waals surface area (Å²) < 4.78 is 0. The first-order chi connectivity index (χ1) is 9.92. The minimum absolute atomic E-state index is 0.864. The van der Waals surface area contributed by atoms with Crippen LogP contribution in [0.25, 0.3) is 0 Å².